The van der Waals surface area contributed by atoms with Gasteiger partial charge >= 0.3 is 0 Å². The molecule has 10 heteroatoms. The Bertz CT molecular complexity index is 1330. The molecule has 0 atom stereocenters. The van der Waals surface area contributed by atoms with Gasteiger partial charge in [-0.1, -0.05) is 18.2 Å². The zero-order chi connectivity index (χ0) is 22.7. The molecular formula is C22H19F2N5O3. The van der Waals surface area contributed by atoms with Gasteiger partial charge in [0.15, 0.2) is 0 Å². The fourth-order valence-electron chi connectivity index (χ4n) is 3.41. The van der Waals surface area contributed by atoms with Crippen LogP contribution in [0.25, 0.3) is 22.0 Å². The summed E-state index contributed by atoms with van der Waals surface area (Å²) in [6.45, 7) is 0.188. The van der Waals surface area contributed by atoms with Crippen molar-refractivity contribution < 1.29 is 18.7 Å². The fourth-order valence-corrected chi connectivity index (χ4v) is 3.41. The second-order valence-corrected chi connectivity index (χ2v) is 7.09. The Morgan fingerprint density at radius 2 is 2.06 bits per heavy atom. The zero-order valence-corrected chi connectivity index (χ0v) is 16.8. The third-order valence-electron chi connectivity index (χ3n) is 4.96. The van der Waals surface area contributed by atoms with Crippen LogP contribution in [-0.2, 0) is 6.54 Å². The quantitative estimate of drug-likeness (QED) is 0.410. The largest absolute Gasteiger partial charge is 0.395 e. The normalized spacial score (nSPS) is 11.2. The highest BCUT2D eigenvalue weighted by atomic mass is 19.3. The Hall–Kier alpha value is -3.92. The summed E-state index contributed by atoms with van der Waals surface area (Å²) in [6, 6.07) is 11.5. The van der Waals surface area contributed by atoms with E-state index in [2.05, 4.69) is 20.5 Å². The van der Waals surface area contributed by atoms with Crippen molar-refractivity contribution in [2.45, 2.75) is 13.0 Å². The predicted molar refractivity (Wildman–Crippen MR) is 114 cm³/mol. The average Bonchev–Trinajstić information content (AvgIpc) is 3.30. The third kappa shape index (κ3) is 4.26. The van der Waals surface area contributed by atoms with E-state index in [4.69, 9.17) is 5.11 Å². The molecule has 2 aromatic heterocycles. The number of carbonyl (C=O) groups excluding carboxylic acids is 1. The van der Waals surface area contributed by atoms with Crippen LogP contribution in [0.3, 0.4) is 0 Å². The maximum Gasteiger partial charge on any atom is 0.280 e. The van der Waals surface area contributed by atoms with Gasteiger partial charge in [-0.05, 0) is 35.4 Å². The number of hydrogen-bond donors (Lipinski definition) is 3. The number of alkyl halides is 2. The number of nitrogens with one attached hydrogen (secondary N) is 2. The molecule has 0 saturated heterocycles. The Balaban J connectivity index is 1.63. The zero-order valence-electron chi connectivity index (χ0n) is 16.8. The number of aromatic amines is 1. The molecule has 0 saturated carbocycles. The van der Waals surface area contributed by atoms with Crippen molar-refractivity contribution >= 4 is 16.8 Å². The molecule has 4 rings (SSSR count). The minimum atomic E-state index is -2.70. The third-order valence-corrected chi connectivity index (χ3v) is 4.96. The lowest BCUT2D eigenvalue weighted by molar-refractivity contribution is 0.0944. The van der Waals surface area contributed by atoms with Gasteiger partial charge in [-0.25, -0.2) is 13.8 Å². The van der Waals surface area contributed by atoms with Crippen LogP contribution in [0.1, 0.15) is 28.0 Å². The molecule has 1 amide bonds. The summed E-state index contributed by atoms with van der Waals surface area (Å²) in [6.07, 6.45) is -0.00477. The molecule has 3 N–H and O–H groups in total. The molecule has 0 bridgehead atoms. The molecule has 0 aliphatic heterocycles. The lowest BCUT2D eigenvalue weighted by Crippen LogP contribution is -2.26. The van der Waals surface area contributed by atoms with Crippen LogP contribution in [-0.4, -0.2) is 43.9 Å². The molecule has 0 aliphatic carbocycles. The summed E-state index contributed by atoms with van der Waals surface area (Å²) in [5.74, 6) is -0.320. The van der Waals surface area contributed by atoms with E-state index in [9.17, 15) is 18.4 Å². The number of carbonyl (C=O) groups is 1. The average molecular weight is 439 g/mol. The first-order valence-electron chi connectivity index (χ1n) is 9.77. The first-order chi connectivity index (χ1) is 15.5. The second-order valence-electron chi connectivity index (χ2n) is 7.09. The van der Waals surface area contributed by atoms with Crippen LogP contribution in [0.15, 0.2) is 59.8 Å². The van der Waals surface area contributed by atoms with Gasteiger partial charge in [0.1, 0.15) is 5.69 Å². The lowest BCUT2D eigenvalue weighted by Gasteiger charge is -2.10. The van der Waals surface area contributed by atoms with Gasteiger partial charge < -0.3 is 10.4 Å². The van der Waals surface area contributed by atoms with E-state index in [0.717, 1.165) is 5.56 Å². The van der Waals surface area contributed by atoms with Gasteiger partial charge in [0.2, 0.25) is 0 Å². The molecule has 0 unspecified atom stereocenters. The Morgan fingerprint density at radius 3 is 2.84 bits per heavy atom. The Labute approximate surface area is 180 Å². The summed E-state index contributed by atoms with van der Waals surface area (Å²) < 4.78 is 27.7. The number of hydrogen-bond acceptors (Lipinski definition) is 5. The number of amides is 1. The van der Waals surface area contributed by atoms with E-state index in [0.29, 0.717) is 22.0 Å². The van der Waals surface area contributed by atoms with Crippen LogP contribution in [0.2, 0.25) is 0 Å². The van der Waals surface area contributed by atoms with Gasteiger partial charge in [-0.15, -0.1) is 0 Å². The summed E-state index contributed by atoms with van der Waals surface area (Å²) in [7, 11) is 0. The second kappa shape index (κ2) is 9.06. The van der Waals surface area contributed by atoms with E-state index in [1.54, 1.807) is 42.5 Å². The number of aromatic nitrogens is 4. The molecule has 0 radical (unpaired) electrons. The molecule has 2 heterocycles. The summed E-state index contributed by atoms with van der Waals surface area (Å²) in [4.78, 5) is 29.4. The van der Waals surface area contributed by atoms with Gasteiger partial charge in [0, 0.05) is 17.7 Å². The van der Waals surface area contributed by atoms with E-state index in [1.807, 2.05) is 0 Å². The van der Waals surface area contributed by atoms with Crippen molar-refractivity contribution in [2.24, 2.45) is 0 Å². The van der Waals surface area contributed by atoms with Crippen LogP contribution in [0, 0.1) is 0 Å². The van der Waals surface area contributed by atoms with Crippen molar-refractivity contribution in [3.63, 3.8) is 0 Å². The molecule has 4 aromatic rings. The molecule has 0 aliphatic rings. The van der Waals surface area contributed by atoms with Crippen molar-refractivity contribution in [1.82, 2.24) is 25.1 Å². The standard InChI is InChI=1S/C22H19F2N5O3/c23-20(24)19-17(10-27-28-19)14-4-5-16-18(9-14)26-12-29(22(16)32)11-13-2-1-3-15(8-13)21(31)25-6-7-30/h1-5,8-10,12,20,30H,6-7,11H2,(H,25,31)(H,27,28). The number of aliphatic hydroxyl groups excluding tert-OH is 1. The van der Waals surface area contributed by atoms with E-state index in [1.165, 1.54) is 17.1 Å². The molecule has 8 nitrogen and oxygen atoms in total. The van der Waals surface area contributed by atoms with Gasteiger partial charge in [-0.3, -0.25) is 19.3 Å². The highest BCUT2D eigenvalue weighted by Gasteiger charge is 2.17. The smallest absolute Gasteiger partial charge is 0.280 e. The predicted octanol–water partition coefficient (Wildman–Crippen LogP) is 2.49. The van der Waals surface area contributed by atoms with Crippen LogP contribution < -0.4 is 10.9 Å². The van der Waals surface area contributed by atoms with Crippen LogP contribution in [0.5, 0.6) is 0 Å². The minimum Gasteiger partial charge on any atom is -0.395 e. The highest BCUT2D eigenvalue weighted by Crippen LogP contribution is 2.30. The van der Waals surface area contributed by atoms with E-state index >= 15 is 0 Å². The van der Waals surface area contributed by atoms with Crippen molar-refractivity contribution in [3.8, 4) is 11.1 Å². The maximum atomic E-state index is 13.1. The highest BCUT2D eigenvalue weighted by molar-refractivity contribution is 5.94. The monoisotopic (exact) mass is 439 g/mol. The fraction of sp³-hybridized carbons (Fsp3) is 0.182. The van der Waals surface area contributed by atoms with Gasteiger partial charge in [0.25, 0.3) is 17.9 Å². The van der Waals surface area contributed by atoms with Crippen molar-refractivity contribution in [2.75, 3.05) is 13.2 Å². The summed E-state index contributed by atoms with van der Waals surface area (Å²) in [5, 5.41) is 17.7. The number of rotatable bonds is 7. The number of aliphatic hydroxyl groups is 1. The van der Waals surface area contributed by atoms with Crippen LogP contribution >= 0.6 is 0 Å². The van der Waals surface area contributed by atoms with Gasteiger partial charge in [-0.2, -0.15) is 5.10 Å². The van der Waals surface area contributed by atoms with Crippen molar-refractivity contribution in [1.29, 1.82) is 0 Å². The lowest BCUT2D eigenvalue weighted by atomic mass is 10.0. The maximum absolute atomic E-state index is 13.1. The number of halogens is 2. The molecule has 32 heavy (non-hydrogen) atoms. The minimum absolute atomic E-state index is 0.150. The Kier molecular flexibility index (Phi) is 6.04. The summed E-state index contributed by atoms with van der Waals surface area (Å²) in [5.41, 5.74) is 1.66. The first-order valence-corrected chi connectivity index (χ1v) is 9.77. The number of fused-ring (bicyclic) bond motifs is 1. The number of H-pyrrole nitrogens is 1. The van der Waals surface area contributed by atoms with Crippen molar-refractivity contribution in [3.05, 3.63) is 82.2 Å². The van der Waals surface area contributed by atoms with Gasteiger partial charge in [0.05, 0.1) is 36.6 Å². The molecule has 2 aromatic carbocycles. The first kappa shape index (κ1) is 21.3. The number of benzene rings is 2. The molecular weight excluding hydrogens is 420 g/mol. The summed E-state index contributed by atoms with van der Waals surface area (Å²) >= 11 is 0. The molecule has 0 spiro atoms. The Morgan fingerprint density at radius 1 is 1.22 bits per heavy atom. The van der Waals surface area contributed by atoms with E-state index in [-0.39, 0.29) is 42.4 Å². The number of nitrogens with zero attached hydrogens (tertiary/aromatic N) is 3. The molecule has 164 valence electrons. The van der Waals surface area contributed by atoms with Crippen LogP contribution in [0.4, 0.5) is 8.78 Å². The molecule has 0 fully saturated rings. The SMILES string of the molecule is O=C(NCCO)c1cccc(Cn2cnc3cc(-c4cn[nH]c4C(F)F)ccc3c2=O)c1. The topological polar surface area (TPSA) is 113 Å². The van der Waals surface area contributed by atoms with E-state index < -0.39 is 6.43 Å².